The van der Waals surface area contributed by atoms with Gasteiger partial charge in [-0.2, -0.15) is 0 Å². The van der Waals surface area contributed by atoms with Crippen LogP contribution in [-0.4, -0.2) is 32.9 Å². The van der Waals surface area contributed by atoms with Gasteiger partial charge in [-0.15, -0.1) is 0 Å². The van der Waals surface area contributed by atoms with Crippen LogP contribution < -0.4 is 5.32 Å². The van der Waals surface area contributed by atoms with Crippen LogP contribution in [0.3, 0.4) is 0 Å². The number of aliphatic hydroxyl groups is 2. The van der Waals surface area contributed by atoms with Crippen molar-refractivity contribution < 1.29 is 14.6 Å². The molecule has 0 saturated heterocycles. The Hall–Kier alpha value is -2.44. The lowest BCUT2D eigenvalue weighted by atomic mass is 10.1. The molecule has 120 valence electrons. The minimum absolute atomic E-state index is 0.0182. The molecule has 23 heavy (non-hydrogen) atoms. The zero-order valence-corrected chi connectivity index (χ0v) is 12.5. The van der Waals surface area contributed by atoms with E-state index in [2.05, 4.69) is 10.3 Å². The van der Waals surface area contributed by atoms with Gasteiger partial charge in [0.1, 0.15) is 5.82 Å². The number of aliphatic hydroxyl groups excluding tert-OH is 2. The zero-order chi connectivity index (χ0) is 16.2. The van der Waals surface area contributed by atoms with Gasteiger partial charge < -0.3 is 20.1 Å². The molecule has 3 N–H and O–H groups in total. The minimum Gasteiger partial charge on any atom is -0.395 e. The van der Waals surface area contributed by atoms with Crippen LogP contribution in [0, 0.1) is 5.82 Å². The van der Waals surface area contributed by atoms with Crippen LogP contribution in [0.25, 0.3) is 11.0 Å². The summed E-state index contributed by atoms with van der Waals surface area (Å²) in [7, 11) is 0. The van der Waals surface area contributed by atoms with E-state index in [1.807, 2.05) is 28.8 Å². The standard InChI is InChI=1S/C17H18FN3O2/c18-13-5-3-4-12(10-13)16(23)11-21-15-7-2-1-6-14(15)20-17(21)19-8-9-22/h1-7,10,16,22-23H,8-9,11H2,(H,19,20)/t16-/m1/s1. The first-order valence-corrected chi connectivity index (χ1v) is 7.42. The van der Waals surface area contributed by atoms with Crippen molar-refractivity contribution in [1.82, 2.24) is 9.55 Å². The number of anilines is 1. The molecule has 5 nitrogen and oxygen atoms in total. The first-order chi connectivity index (χ1) is 11.2. The second-order valence-corrected chi connectivity index (χ2v) is 5.26. The van der Waals surface area contributed by atoms with Crippen molar-refractivity contribution in [3.8, 4) is 0 Å². The van der Waals surface area contributed by atoms with Gasteiger partial charge in [-0.25, -0.2) is 9.37 Å². The molecule has 0 aliphatic heterocycles. The Morgan fingerprint density at radius 1 is 1.17 bits per heavy atom. The van der Waals surface area contributed by atoms with E-state index in [9.17, 15) is 9.50 Å². The quantitative estimate of drug-likeness (QED) is 0.653. The van der Waals surface area contributed by atoms with Crippen LogP contribution >= 0.6 is 0 Å². The second-order valence-electron chi connectivity index (χ2n) is 5.26. The average Bonchev–Trinajstić information content (AvgIpc) is 2.90. The number of benzene rings is 2. The molecule has 1 heterocycles. The third kappa shape index (κ3) is 3.33. The van der Waals surface area contributed by atoms with E-state index < -0.39 is 6.10 Å². The van der Waals surface area contributed by atoms with Crippen LogP contribution in [0.4, 0.5) is 10.3 Å². The van der Waals surface area contributed by atoms with Gasteiger partial charge in [-0.3, -0.25) is 0 Å². The van der Waals surface area contributed by atoms with Gasteiger partial charge in [0.2, 0.25) is 5.95 Å². The molecule has 1 aromatic heterocycles. The maximum Gasteiger partial charge on any atom is 0.204 e. The Labute approximate surface area is 133 Å². The Morgan fingerprint density at radius 2 is 2.00 bits per heavy atom. The summed E-state index contributed by atoms with van der Waals surface area (Å²) >= 11 is 0. The number of imidazole rings is 1. The number of nitrogens with one attached hydrogen (secondary N) is 1. The maximum atomic E-state index is 13.3. The van der Waals surface area contributed by atoms with Crippen LogP contribution in [0.15, 0.2) is 48.5 Å². The highest BCUT2D eigenvalue weighted by atomic mass is 19.1. The lowest BCUT2D eigenvalue weighted by Gasteiger charge is -2.15. The van der Waals surface area contributed by atoms with E-state index in [4.69, 9.17) is 5.11 Å². The summed E-state index contributed by atoms with van der Waals surface area (Å²) in [6.45, 7) is 0.576. The van der Waals surface area contributed by atoms with Crippen molar-refractivity contribution in [1.29, 1.82) is 0 Å². The summed E-state index contributed by atoms with van der Waals surface area (Å²) < 4.78 is 15.2. The molecule has 0 aliphatic rings. The van der Waals surface area contributed by atoms with Gasteiger partial charge in [-0.1, -0.05) is 24.3 Å². The molecule has 0 fully saturated rings. The van der Waals surface area contributed by atoms with E-state index >= 15 is 0 Å². The number of hydrogen-bond donors (Lipinski definition) is 3. The van der Waals surface area contributed by atoms with Gasteiger partial charge >= 0.3 is 0 Å². The normalized spacial score (nSPS) is 12.5. The Kier molecular flexibility index (Phi) is 4.55. The van der Waals surface area contributed by atoms with E-state index in [1.165, 1.54) is 12.1 Å². The molecule has 3 aromatic rings. The van der Waals surface area contributed by atoms with Gasteiger partial charge in [0, 0.05) is 6.54 Å². The summed E-state index contributed by atoms with van der Waals surface area (Å²) in [5.74, 6) is 0.186. The second kappa shape index (κ2) is 6.76. The molecular formula is C17H18FN3O2. The summed E-state index contributed by atoms with van der Waals surface area (Å²) in [5.41, 5.74) is 2.17. The third-order valence-corrected chi connectivity index (χ3v) is 3.64. The summed E-state index contributed by atoms with van der Waals surface area (Å²) in [5, 5.41) is 22.5. The topological polar surface area (TPSA) is 70.3 Å². The van der Waals surface area contributed by atoms with Crippen LogP contribution in [0.2, 0.25) is 0 Å². The van der Waals surface area contributed by atoms with Crippen LogP contribution in [0.5, 0.6) is 0 Å². The van der Waals surface area contributed by atoms with Crippen molar-refractivity contribution in [3.05, 3.63) is 59.9 Å². The lowest BCUT2D eigenvalue weighted by molar-refractivity contribution is 0.158. The van der Waals surface area contributed by atoms with Crippen molar-refractivity contribution in [2.75, 3.05) is 18.5 Å². The van der Waals surface area contributed by atoms with E-state index in [-0.39, 0.29) is 19.0 Å². The predicted octanol–water partition coefficient (Wildman–Crippen LogP) is 2.31. The highest BCUT2D eigenvalue weighted by Crippen LogP contribution is 2.24. The van der Waals surface area contributed by atoms with E-state index in [1.54, 1.807) is 12.1 Å². The maximum absolute atomic E-state index is 13.3. The molecule has 3 rings (SSSR count). The van der Waals surface area contributed by atoms with E-state index in [0.717, 1.165) is 11.0 Å². The van der Waals surface area contributed by atoms with Crippen molar-refractivity contribution in [2.24, 2.45) is 0 Å². The first kappa shape index (κ1) is 15.5. The average molecular weight is 315 g/mol. The highest BCUT2D eigenvalue weighted by Gasteiger charge is 2.15. The summed E-state index contributed by atoms with van der Waals surface area (Å²) in [6, 6.07) is 13.5. The van der Waals surface area contributed by atoms with Crippen molar-refractivity contribution in [2.45, 2.75) is 12.6 Å². The number of rotatable bonds is 6. The number of halogens is 1. The molecule has 1 atom stereocenters. The number of aromatic nitrogens is 2. The molecule has 0 radical (unpaired) electrons. The molecule has 0 spiro atoms. The predicted molar refractivity (Wildman–Crippen MR) is 86.7 cm³/mol. The molecule has 2 aromatic carbocycles. The molecule has 0 bridgehead atoms. The smallest absolute Gasteiger partial charge is 0.204 e. The molecule has 0 amide bonds. The van der Waals surface area contributed by atoms with Gasteiger partial charge in [0.15, 0.2) is 0 Å². The first-order valence-electron chi connectivity index (χ1n) is 7.42. The lowest BCUT2D eigenvalue weighted by Crippen LogP contribution is -2.15. The van der Waals surface area contributed by atoms with Crippen LogP contribution in [-0.2, 0) is 6.54 Å². The van der Waals surface area contributed by atoms with Crippen molar-refractivity contribution >= 4 is 17.0 Å². The fraction of sp³-hybridized carbons (Fsp3) is 0.235. The minimum atomic E-state index is -0.863. The molecule has 6 heteroatoms. The van der Waals surface area contributed by atoms with Gasteiger partial charge in [-0.05, 0) is 29.8 Å². The SMILES string of the molecule is OCCNc1nc2ccccc2n1C[C@@H](O)c1cccc(F)c1. The van der Waals surface area contributed by atoms with Crippen LogP contribution in [0.1, 0.15) is 11.7 Å². The molecular weight excluding hydrogens is 297 g/mol. The monoisotopic (exact) mass is 315 g/mol. The largest absolute Gasteiger partial charge is 0.395 e. The Balaban J connectivity index is 1.94. The third-order valence-electron chi connectivity index (χ3n) is 3.64. The molecule has 0 unspecified atom stereocenters. The number of hydrogen-bond acceptors (Lipinski definition) is 4. The Morgan fingerprint density at radius 3 is 2.78 bits per heavy atom. The highest BCUT2D eigenvalue weighted by molar-refractivity contribution is 5.78. The number of para-hydroxylation sites is 2. The summed E-state index contributed by atoms with van der Waals surface area (Å²) in [4.78, 5) is 4.47. The zero-order valence-electron chi connectivity index (χ0n) is 12.5. The number of nitrogens with zero attached hydrogens (tertiary/aromatic N) is 2. The number of fused-ring (bicyclic) bond motifs is 1. The summed E-state index contributed by atoms with van der Waals surface area (Å²) in [6.07, 6.45) is -0.863. The van der Waals surface area contributed by atoms with E-state index in [0.29, 0.717) is 18.1 Å². The van der Waals surface area contributed by atoms with Gasteiger partial charge in [0.25, 0.3) is 0 Å². The fourth-order valence-electron chi connectivity index (χ4n) is 2.56. The molecule has 0 aliphatic carbocycles. The Bertz CT molecular complexity index is 803. The molecule has 0 saturated carbocycles. The van der Waals surface area contributed by atoms with Crippen molar-refractivity contribution in [3.63, 3.8) is 0 Å². The van der Waals surface area contributed by atoms with Gasteiger partial charge in [0.05, 0.1) is 30.3 Å². The fourth-order valence-corrected chi connectivity index (χ4v) is 2.56.